The van der Waals surface area contributed by atoms with Gasteiger partial charge in [-0.3, -0.25) is 4.79 Å². The molecule has 1 aliphatic rings. The van der Waals surface area contributed by atoms with Crippen LogP contribution in [0.4, 0.5) is 0 Å². The second kappa shape index (κ2) is 7.00. The van der Waals surface area contributed by atoms with Crippen molar-refractivity contribution in [1.82, 2.24) is 24.6 Å². The Hall–Kier alpha value is -1.93. The SMILES string of the molecule is Cc1nnc(SCC(=O)N(C)C(C)c2nc3ccccc3s2)n1C1CC1. The Balaban J connectivity index is 1.42. The third-order valence-corrected chi connectivity index (χ3v) is 6.85. The monoisotopic (exact) mass is 387 g/mol. The van der Waals surface area contributed by atoms with E-state index in [2.05, 4.69) is 25.8 Å². The van der Waals surface area contributed by atoms with Crippen molar-refractivity contribution >= 4 is 39.2 Å². The molecule has 8 heteroatoms. The highest BCUT2D eigenvalue weighted by Crippen LogP contribution is 2.38. The number of hydrogen-bond donors (Lipinski definition) is 0. The molecule has 0 spiro atoms. The van der Waals surface area contributed by atoms with E-state index in [0.717, 1.165) is 26.2 Å². The van der Waals surface area contributed by atoms with Gasteiger partial charge in [-0.2, -0.15) is 0 Å². The molecule has 2 heterocycles. The number of carbonyl (C=O) groups is 1. The number of thiazole rings is 1. The van der Waals surface area contributed by atoms with Gasteiger partial charge in [0.25, 0.3) is 0 Å². The molecule has 1 aromatic carbocycles. The van der Waals surface area contributed by atoms with Crippen LogP contribution in [0.15, 0.2) is 29.4 Å². The van der Waals surface area contributed by atoms with Crippen LogP contribution in [0.1, 0.15) is 42.7 Å². The third-order valence-electron chi connectivity index (χ3n) is 4.71. The molecule has 1 aliphatic carbocycles. The van der Waals surface area contributed by atoms with Crippen molar-refractivity contribution in [2.24, 2.45) is 0 Å². The summed E-state index contributed by atoms with van der Waals surface area (Å²) in [7, 11) is 1.84. The lowest BCUT2D eigenvalue weighted by molar-refractivity contribution is -0.128. The summed E-state index contributed by atoms with van der Waals surface area (Å²) in [6, 6.07) is 8.53. The molecule has 0 aliphatic heterocycles. The number of nitrogens with zero attached hydrogens (tertiary/aromatic N) is 5. The first-order chi connectivity index (χ1) is 12.5. The van der Waals surface area contributed by atoms with Crippen molar-refractivity contribution in [3.8, 4) is 0 Å². The fourth-order valence-corrected chi connectivity index (χ4v) is 4.92. The molecule has 3 aromatic rings. The summed E-state index contributed by atoms with van der Waals surface area (Å²) in [6.45, 7) is 4.00. The number of benzene rings is 1. The first kappa shape index (κ1) is 17.5. The molecule has 0 radical (unpaired) electrons. The Morgan fingerprint density at radius 3 is 2.88 bits per heavy atom. The Kier molecular flexibility index (Phi) is 4.71. The highest BCUT2D eigenvalue weighted by atomic mass is 32.2. The second-order valence-corrected chi connectivity index (χ2v) is 8.62. The fourth-order valence-electron chi connectivity index (χ4n) is 2.88. The first-order valence-electron chi connectivity index (χ1n) is 8.70. The van der Waals surface area contributed by atoms with E-state index >= 15 is 0 Å². The predicted molar refractivity (Wildman–Crippen MR) is 105 cm³/mol. The number of carbonyl (C=O) groups excluding carboxylic acids is 1. The van der Waals surface area contributed by atoms with Gasteiger partial charge in [0.15, 0.2) is 5.16 Å². The van der Waals surface area contributed by atoms with Gasteiger partial charge in [-0.1, -0.05) is 23.9 Å². The van der Waals surface area contributed by atoms with E-state index in [-0.39, 0.29) is 11.9 Å². The zero-order valence-electron chi connectivity index (χ0n) is 15.0. The van der Waals surface area contributed by atoms with Crippen LogP contribution in [0.2, 0.25) is 0 Å². The quantitative estimate of drug-likeness (QED) is 0.601. The van der Waals surface area contributed by atoms with Crippen molar-refractivity contribution in [3.05, 3.63) is 35.1 Å². The van der Waals surface area contributed by atoms with Gasteiger partial charge in [-0.25, -0.2) is 4.98 Å². The Bertz CT molecular complexity index is 913. The van der Waals surface area contributed by atoms with Gasteiger partial charge in [-0.05, 0) is 38.8 Å². The Morgan fingerprint density at radius 2 is 2.15 bits per heavy atom. The summed E-state index contributed by atoms with van der Waals surface area (Å²) >= 11 is 3.12. The number of amides is 1. The molecule has 4 rings (SSSR count). The van der Waals surface area contributed by atoms with E-state index in [0.29, 0.717) is 11.8 Å². The molecule has 0 N–H and O–H groups in total. The highest BCUT2D eigenvalue weighted by Gasteiger charge is 2.29. The molecule has 1 amide bonds. The van der Waals surface area contributed by atoms with Gasteiger partial charge in [-0.15, -0.1) is 21.5 Å². The molecule has 0 bridgehead atoms. The molecule has 0 saturated heterocycles. The van der Waals surface area contributed by atoms with Crippen LogP contribution >= 0.6 is 23.1 Å². The summed E-state index contributed by atoms with van der Waals surface area (Å²) in [5.41, 5.74) is 0.989. The van der Waals surface area contributed by atoms with Crippen molar-refractivity contribution in [2.75, 3.05) is 12.8 Å². The molecule has 1 unspecified atom stereocenters. The van der Waals surface area contributed by atoms with Gasteiger partial charge >= 0.3 is 0 Å². The lowest BCUT2D eigenvalue weighted by atomic mass is 10.3. The van der Waals surface area contributed by atoms with E-state index in [1.807, 2.05) is 39.1 Å². The first-order valence-corrected chi connectivity index (χ1v) is 10.5. The molecule has 1 fully saturated rings. The molecule has 1 atom stereocenters. The average Bonchev–Trinajstić information content (AvgIpc) is 3.27. The van der Waals surface area contributed by atoms with E-state index in [1.165, 1.54) is 24.6 Å². The van der Waals surface area contributed by atoms with Crippen LogP contribution < -0.4 is 0 Å². The standard InChI is InChI=1S/C18H21N5OS2/c1-11(17-19-14-6-4-5-7-15(14)26-17)22(3)16(24)10-25-18-21-20-12(2)23(18)13-8-9-13/h4-7,11,13H,8-10H2,1-3H3. The maximum absolute atomic E-state index is 12.7. The third kappa shape index (κ3) is 3.35. The predicted octanol–water partition coefficient (Wildman–Crippen LogP) is 3.84. The van der Waals surface area contributed by atoms with Gasteiger partial charge in [0, 0.05) is 13.1 Å². The zero-order chi connectivity index (χ0) is 18.3. The van der Waals surface area contributed by atoms with Gasteiger partial charge in [0.2, 0.25) is 5.91 Å². The normalized spacial score (nSPS) is 15.3. The van der Waals surface area contributed by atoms with Crippen LogP contribution in [0.3, 0.4) is 0 Å². The molecule has 6 nitrogen and oxygen atoms in total. The van der Waals surface area contributed by atoms with E-state index < -0.39 is 0 Å². The van der Waals surface area contributed by atoms with E-state index in [1.54, 1.807) is 16.2 Å². The fraction of sp³-hybridized carbons (Fsp3) is 0.444. The Labute approximate surface area is 160 Å². The molecule has 136 valence electrons. The summed E-state index contributed by atoms with van der Waals surface area (Å²) in [5.74, 6) is 1.36. The largest absolute Gasteiger partial charge is 0.336 e. The topological polar surface area (TPSA) is 63.9 Å². The maximum atomic E-state index is 12.7. The van der Waals surface area contributed by atoms with Gasteiger partial charge in [0.05, 0.1) is 22.0 Å². The number of thioether (sulfide) groups is 1. The minimum atomic E-state index is -0.0523. The van der Waals surface area contributed by atoms with Crippen molar-refractivity contribution in [1.29, 1.82) is 0 Å². The zero-order valence-corrected chi connectivity index (χ0v) is 16.7. The van der Waals surface area contributed by atoms with Crippen LogP contribution in [-0.4, -0.2) is 43.4 Å². The van der Waals surface area contributed by atoms with Crippen molar-refractivity contribution < 1.29 is 4.79 Å². The average molecular weight is 388 g/mol. The number of aromatic nitrogens is 4. The summed E-state index contributed by atoms with van der Waals surface area (Å²) < 4.78 is 3.31. The molecular weight excluding hydrogens is 366 g/mol. The molecular formula is C18H21N5OS2. The van der Waals surface area contributed by atoms with Crippen LogP contribution in [0, 0.1) is 6.92 Å². The van der Waals surface area contributed by atoms with Crippen LogP contribution in [0.5, 0.6) is 0 Å². The highest BCUT2D eigenvalue weighted by molar-refractivity contribution is 7.99. The second-order valence-electron chi connectivity index (χ2n) is 6.62. The lowest BCUT2D eigenvalue weighted by Gasteiger charge is -2.23. The van der Waals surface area contributed by atoms with Gasteiger partial charge in [0.1, 0.15) is 10.8 Å². The lowest BCUT2D eigenvalue weighted by Crippen LogP contribution is -2.31. The Morgan fingerprint density at radius 1 is 1.38 bits per heavy atom. The number of hydrogen-bond acceptors (Lipinski definition) is 6. The van der Waals surface area contributed by atoms with E-state index in [4.69, 9.17) is 0 Å². The van der Waals surface area contributed by atoms with E-state index in [9.17, 15) is 4.79 Å². The molecule has 1 saturated carbocycles. The summed E-state index contributed by atoms with van der Waals surface area (Å²) in [6.07, 6.45) is 2.35. The summed E-state index contributed by atoms with van der Waals surface area (Å²) in [4.78, 5) is 19.1. The van der Waals surface area contributed by atoms with Crippen molar-refractivity contribution in [2.45, 2.75) is 43.9 Å². The number of rotatable bonds is 6. The maximum Gasteiger partial charge on any atom is 0.233 e. The van der Waals surface area contributed by atoms with Crippen LogP contribution in [0.25, 0.3) is 10.2 Å². The molecule has 2 aromatic heterocycles. The summed E-state index contributed by atoms with van der Waals surface area (Å²) in [5, 5.41) is 10.2. The molecule has 26 heavy (non-hydrogen) atoms. The number of fused-ring (bicyclic) bond motifs is 1. The number of aryl methyl sites for hydroxylation is 1. The van der Waals surface area contributed by atoms with Crippen LogP contribution in [-0.2, 0) is 4.79 Å². The number of para-hydroxylation sites is 1. The minimum absolute atomic E-state index is 0.0523. The minimum Gasteiger partial charge on any atom is -0.336 e. The van der Waals surface area contributed by atoms with Crippen molar-refractivity contribution in [3.63, 3.8) is 0 Å². The van der Waals surface area contributed by atoms with Gasteiger partial charge < -0.3 is 9.47 Å². The smallest absolute Gasteiger partial charge is 0.233 e.